The Labute approximate surface area is 93.3 Å². The Morgan fingerprint density at radius 2 is 2.31 bits per heavy atom. The van der Waals surface area contributed by atoms with E-state index in [1.54, 1.807) is 0 Å². The van der Waals surface area contributed by atoms with Crippen LogP contribution in [-0.4, -0.2) is 30.0 Å². The van der Waals surface area contributed by atoms with Crippen molar-refractivity contribution < 1.29 is 9.18 Å². The molecule has 1 aromatic heterocycles. The maximum absolute atomic E-state index is 13.1. The average Bonchev–Trinajstić information content (AvgIpc) is 3.08. The maximum Gasteiger partial charge on any atom is 0.254 e. The number of aromatic nitrogens is 1. The number of rotatable bonds is 5. The number of nitrogens with one attached hydrogen (secondary N) is 2. The molecule has 5 heteroatoms. The molecule has 2 rings (SSSR count). The van der Waals surface area contributed by atoms with Gasteiger partial charge in [-0.1, -0.05) is 0 Å². The molecule has 4 nitrogen and oxygen atoms in total. The van der Waals surface area contributed by atoms with Crippen LogP contribution < -0.4 is 10.6 Å². The van der Waals surface area contributed by atoms with E-state index in [-0.39, 0.29) is 5.56 Å². The highest BCUT2D eigenvalue weighted by Crippen LogP contribution is 2.17. The summed E-state index contributed by atoms with van der Waals surface area (Å²) in [5, 5.41) is 5.91. The van der Waals surface area contributed by atoms with Gasteiger partial charge in [0.15, 0.2) is 5.82 Å². The first kappa shape index (κ1) is 11.0. The molecule has 0 radical (unpaired) electrons. The molecule has 0 aromatic carbocycles. The third kappa shape index (κ3) is 3.00. The minimum atomic E-state index is -0.588. The van der Waals surface area contributed by atoms with E-state index in [9.17, 15) is 9.18 Å². The van der Waals surface area contributed by atoms with Crippen molar-refractivity contribution in [3.8, 4) is 0 Å². The highest BCUT2D eigenvalue weighted by Gasteiger charge is 2.19. The van der Waals surface area contributed by atoms with Crippen LogP contribution in [0.3, 0.4) is 0 Å². The van der Waals surface area contributed by atoms with Crippen LogP contribution in [0.5, 0.6) is 0 Å². The van der Waals surface area contributed by atoms with Crippen LogP contribution in [0.1, 0.15) is 23.2 Å². The third-order valence-electron chi connectivity index (χ3n) is 2.44. The van der Waals surface area contributed by atoms with Crippen LogP contribution in [0.15, 0.2) is 18.5 Å². The fourth-order valence-corrected chi connectivity index (χ4v) is 1.39. The van der Waals surface area contributed by atoms with Crippen LogP contribution in [0.2, 0.25) is 0 Å². The Hall–Kier alpha value is -1.49. The van der Waals surface area contributed by atoms with Crippen molar-refractivity contribution in [2.75, 3.05) is 13.1 Å². The molecule has 0 aliphatic heterocycles. The van der Waals surface area contributed by atoms with Crippen LogP contribution in [0.25, 0.3) is 0 Å². The summed E-state index contributed by atoms with van der Waals surface area (Å²) in [4.78, 5) is 15.1. The van der Waals surface area contributed by atoms with Gasteiger partial charge in [-0.25, -0.2) is 4.39 Å². The number of hydrogen-bond acceptors (Lipinski definition) is 3. The molecule has 0 atom stereocenters. The molecule has 0 saturated heterocycles. The van der Waals surface area contributed by atoms with E-state index in [0.29, 0.717) is 12.6 Å². The van der Waals surface area contributed by atoms with E-state index in [2.05, 4.69) is 15.6 Å². The first-order chi connectivity index (χ1) is 7.77. The molecular weight excluding hydrogens is 209 g/mol. The van der Waals surface area contributed by atoms with E-state index in [1.165, 1.54) is 25.1 Å². The van der Waals surface area contributed by atoms with Crippen LogP contribution in [0.4, 0.5) is 4.39 Å². The van der Waals surface area contributed by atoms with Gasteiger partial charge in [-0.2, -0.15) is 0 Å². The lowest BCUT2D eigenvalue weighted by Gasteiger charge is -2.06. The number of hydrogen-bond donors (Lipinski definition) is 2. The Balaban J connectivity index is 1.76. The number of amides is 1. The SMILES string of the molecule is O=C(NCCNC1CC1)c1ccncc1F. The molecule has 1 saturated carbocycles. The number of halogens is 1. The van der Waals surface area contributed by atoms with Crippen LogP contribution >= 0.6 is 0 Å². The molecular formula is C11H14FN3O. The quantitative estimate of drug-likeness (QED) is 0.722. The largest absolute Gasteiger partial charge is 0.351 e. The Morgan fingerprint density at radius 1 is 1.50 bits per heavy atom. The van der Waals surface area contributed by atoms with Crippen molar-refractivity contribution in [1.82, 2.24) is 15.6 Å². The van der Waals surface area contributed by atoms with Crippen LogP contribution in [-0.2, 0) is 0 Å². The summed E-state index contributed by atoms with van der Waals surface area (Å²) in [6, 6.07) is 1.99. The highest BCUT2D eigenvalue weighted by atomic mass is 19.1. The molecule has 86 valence electrons. The molecule has 0 unspecified atom stereocenters. The lowest BCUT2D eigenvalue weighted by molar-refractivity contribution is 0.0949. The minimum Gasteiger partial charge on any atom is -0.351 e. The number of carbonyl (C=O) groups is 1. The van der Waals surface area contributed by atoms with Gasteiger partial charge in [-0.15, -0.1) is 0 Å². The Kier molecular flexibility index (Phi) is 3.46. The molecule has 1 amide bonds. The summed E-state index contributed by atoms with van der Waals surface area (Å²) >= 11 is 0. The standard InChI is InChI=1S/C11H14FN3O/c12-10-7-13-4-3-9(10)11(16)15-6-5-14-8-1-2-8/h3-4,7-8,14H,1-2,5-6H2,(H,15,16). The second-order valence-electron chi connectivity index (χ2n) is 3.84. The van der Waals surface area contributed by atoms with Gasteiger partial charge in [-0.3, -0.25) is 9.78 Å². The van der Waals surface area contributed by atoms with Crippen molar-refractivity contribution in [3.05, 3.63) is 29.8 Å². The molecule has 16 heavy (non-hydrogen) atoms. The van der Waals surface area contributed by atoms with E-state index in [0.717, 1.165) is 12.7 Å². The van der Waals surface area contributed by atoms with Crippen molar-refractivity contribution in [2.24, 2.45) is 0 Å². The molecule has 1 fully saturated rings. The van der Waals surface area contributed by atoms with E-state index < -0.39 is 11.7 Å². The zero-order chi connectivity index (χ0) is 11.4. The molecule has 1 heterocycles. The van der Waals surface area contributed by atoms with Gasteiger partial charge in [0.25, 0.3) is 5.91 Å². The Bertz CT molecular complexity index is 379. The second-order valence-corrected chi connectivity index (χ2v) is 3.84. The van der Waals surface area contributed by atoms with Gasteiger partial charge >= 0.3 is 0 Å². The minimum absolute atomic E-state index is 0.0430. The molecule has 1 aromatic rings. The topological polar surface area (TPSA) is 54.0 Å². The predicted molar refractivity (Wildman–Crippen MR) is 57.6 cm³/mol. The summed E-state index contributed by atoms with van der Waals surface area (Å²) in [6.45, 7) is 1.24. The summed E-state index contributed by atoms with van der Waals surface area (Å²) in [6.07, 6.45) is 4.87. The van der Waals surface area contributed by atoms with Gasteiger partial charge in [0.1, 0.15) is 0 Å². The van der Waals surface area contributed by atoms with Crippen LogP contribution in [0, 0.1) is 5.82 Å². The van der Waals surface area contributed by atoms with Crippen molar-refractivity contribution in [3.63, 3.8) is 0 Å². The molecule has 1 aliphatic carbocycles. The smallest absolute Gasteiger partial charge is 0.254 e. The number of pyridine rings is 1. The summed E-state index contributed by atoms with van der Waals surface area (Å²) in [7, 11) is 0. The van der Waals surface area contributed by atoms with Gasteiger partial charge < -0.3 is 10.6 Å². The first-order valence-electron chi connectivity index (χ1n) is 5.38. The zero-order valence-corrected chi connectivity index (χ0v) is 8.87. The summed E-state index contributed by atoms with van der Waals surface area (Å²) in [5.41, 5.74) is 0.0430. The molecule has 0 spiro atoms. The van der Waals surface area contributed by atoms with E-state index in [4.69, 9.17) is 0 Å². The predicted octanol–water partition coefficient (Wildman–Crippen LogP) is 0.702. The third-order valence-corrected chi connectivity index (χ3v) is 2.44. The van der Waals surface area contributed by atoms with Gasteiger partial charge in [-0.05, 0) is 18.9 Å². The zero-order valence-electron chi connectivity index (χ0n) is 8.87. The summed E-state index contributed by atoms with van der Waals surface area (Å²) < 4.78 is 13.1. The molecule has 2 N–H and O–H groups in total. The highest BCUT2D eigenvalue weighted by molar-refractivity contribution is 5.94. The fourth-order valence-electron chi connectivity index (χ4n) is 1.39. The lowest BCUT2D eigenvalue weighted by Crippen LogP contribution is -2.33. The van der Waals surface area contributed by atoms with Gasteiger partial charge in [0.05, 0.1) is 11.8 Å². The first-order valence-corrected chi connectivity index (χ1v) is 5.38. The maximum atomic E-state index is 13.1. The summed E-state index contributed by atoms with van der Waals surface area (Å²) in [5.74, 6) is -0.979. The average molecular weight is 223 g/mol. The molecule has 1 aliphatic rings. The monoisotopic (exact) mass is 223 g/mol. The van der Waals surface area contributed by atoms with Crippen molar-refractivity contribution >= 4 is 5.91 Å². The number of carbonyl (C=O) groups excluding carboxylic acids is 1. The normalized spacial score (nSPS) is 14.8. The second kappa shape index (κ2) is 5.03. The van der Waals surface area contributed by atoms with Gasteiger partial charge in [0.2, 0.25) is 0 Å². The van der Waals surface area contributed by atoms with Crippen molar-refractivity contribution in [2.45, 2.75) is 18.9 Å². The van der Waals surface area contributed by atoms with Gasteiger partial charge in [0, 0.05) is 25.3 Å². The number of nitrogens with zero attached hydrogens (tertiary/aromatic N) is 1. The Morgan fingerprint density at radius 3 is 3.00 bits per heavy atom. The van der Waals surface area contributed by atoms with E-state index in [1.807, 2.05) is 0 Å². The fraction of sp³-hybridized carbons (Fsp3) is 0.455. The van der Waals surface area contributed by atoms with Crippen molar-refractivity contribution in [1.29, 1.82) is 0 Å². The van der Waals surface area contributed by atoms with E-state index >= 15 is 0 Å². The lowest BCUT2D eigenvalue weighted by atomic mass is 10.2. The molecule has 0 bridgehead atoms.